The van der Waals surface area contributed by atoms with Crippen LogP contribution in [0.25, 0.3) is 0 Å². The van der Waals surface area contributed by atoms with Crippen molar-refractivity contribution in [3.8, 4) is 0 Å². The van der Waals surface area contributed by atoms with Gasteiger partial charge in [-0.2, -0.15) is 0 Å². The number of carbonyl (C=O) groups is 1. The zero-order valence-electron chi connectivity index (χ0n) is 13.4. The molecule has 0 radical (unpaired) electrons. The Morgan fingerprint density at radius 3 is 2.83 bits per heavy atom. The topological polar surface area (TPSA) is 84.3 Å². The van der Waals surface area contributed by atoms with Crippen molar-refractivity contribution in [3.05, 3.63) is 69.8 Å². The maximum absolute atomic E-state index is 12.3. The molecule has 0 saturated carbocycles. The summed E-state index contributed by atoms with van der Waals surface area (Å²) >= 11 is 0. The minimum absolute atomic E-state index is 0.0434. The van der Waals surface area contributed by atoms with Gasteiger partial charge in [0.15, 0.2) is 0 Å². The second kappa shape index (κ2) is 6.80. The molecule has 0 heterocycles. The Labute approximate surface area is 140 Å². The molecule has 0 unspecified atom stereocenters. The van der Waals surface area contributed by atoms with Crippen LogP contribution >= 0.6 is 0 Å². The van der Waals surface area contributed by atoms with E-state index < -0.39 is 11.0 Å². The van der Waals surface area contributed by atoms with Gasteiger partial charge in [0.1, 0.15) is 0 Å². The van der Waals surface area contributed by atoms with Crippen molar-refractivity contribution in [2.45, 2.75) is 31.8 Å². The van der Waals surface area contributed by atoms with Gasteiger partial charge >= 0.3 is 0 Å². The van der Waals surface area contributed by atoms with Crippen molar-refractivity contribution >= 4 is 17.3 Å². The summed E-state index contributed by atoms with van der Waals surface area (Å²) in [6.45, 7) is 1.80. The van der Waals surface area contributed by atoms with Crippen LogP contribution in [0.5, 0.6) is 0 Å². The SMILES string of the molecule is C[C@H](N[C@@H]1CCc2ccccc21)C(=O)Nc1cccc([N+](=O)[O-])c1. The fraction of sp³-hybridized carbons (Fsp3) is 0.278. The molecule has 0 saturated heterocycles. The summed E-state index contributed by atoms with van der Waals surface area (Å²) in [5.41, 5.74) is 2.95. The fourth-order valence-corrected chi connectivity index (χ4v) is 3.06. The number of benzene rings is 2. The lowest BCUT2D eigenvalue weighted by atomic mass is 10.1. The fourth-order valence-electron chi connectivity index (χ4n) is 3.06. The van der Waals surface area contributed by atoms with Crippen LogP contribution in [0, 0.1) is 10.1 Å². The number of hydrogen-bond donors (Lipinski definition) is 2. The quantitative estimate of drug-likeness (QED) is 0.653. The van der Waals surface area contributed by atoms with E-state index in [1.54, 1.807) is 19.1 Å². The zero-order chi connectivity index (χ0) is 17.1. The molecular formula is C18H19N3O3. The number of hydrogen-bond acceptors (Lipinski definition) is 4. The molecule has 0 spiro atoms. The van der Waals surface area contributed by atoms with E-state index in [1.165, 1.54) is 23.3 Å². The van der Waals surface area contributed by atoms with E-state index >= 15 is 0 Å². The van der Waals surface area contributed by atoms with Crippen molar-refractivity contribution in [1.82, 2.24) is 5.32 Å². The molecule has 0 aliphatic heterocycles. The highest BCUT2D eigenvalue weighted by molar-refractivity contribution is 5.94. The van der Waals surface area contributed by atoms with Crippen molar-refractivity contribution < 1.29 is 9.72 Å². The van der Waals surface area contributed by atoms with E-state index in [2.05, 4.69) is 22.8 Å². The number of fused-ring (bicyclic) bond motifs is 1. The summed E-state index contributed by atoms with van der Waals surface area (Å²) in [6.07, 6.45) is 1.97. The van der Waals surface area contributed by atoms with Gasteiger partial charge < -0.3 is 5.32 Å². The first-order valence-corrected chi connectivity index (χ1v) is 7.94. The number of nitrogens with zero attached hydrogens (tertiary/aromatic N) is 1. The molecule has 1 aliphatic rings. The number of carbonyl (C=O) groups excluding carboxylic acids is 1. The molecule has 2 atom stereocenters. The first-order chi connectivity index (χ1) is 11.5. The number of non-ortho nitro benzene ring substituents is 1. The number of nitro groups is 1. The van der Waals surface area contributed by atoms with Gasteiger partial charge in [0.05, 0.1) is 11.0 Å². The number of rotatable bonds is 5. The van der Waals surface area contributed by atoms with Crippen LogP contribution in [-0.2, 0) is 11.2 Å². The average molecular weight is 325 g/mol. The third-order valence-electron chi connectivity index (χ3n) is 4.30. The van der Waals surface area contributed by atoms with E-state index in [0.717, 1.165) is 12.8 Å². The first-order valence-electron chi connectivity index (χ1n) is 7.94. The van der Waals surface area contributed by atoms with E-state index in [1.807, 2.05) is 12.1 Å². The maximum Gasteiger partial charge on any atom is 0.271 e. The molecule has 1 amide bonds. The van der Waals surface area contributed by atoms with Crippen molar-refractivity contribution in [2.24, 2.45) is 0 Å². The van der Waals surface area contributed by atoms with Crippen LogP contribution in [0.4, 0.5) is 11.4 Å². The minimum atomic E-state index is -0.479. The number of aryl methyl sites for hydroxylation is 1. The Bertz CT molecular complexity index is 776. The lowest BCUT2D eigenvalue weighted by Gasteiger charge is -2.20. The van der Waals surface area contributed by atoms with Crippen LogP contribution in [0.3, 0.4) is 0 Å². The highest BCUT2D eigenvalue weighted by Gasteiger charge is 2.25. The van der Waals surface area contributed by atoms with Gasteiger partial charge in [-0.1, -0.05) is 30.3 Å². The average Bonchev–Trinajstić information content (AvgIpc) is 2.98. The lowest BCUT2D eigenvalue weighted by molar-refractivity contribution is -0.384. The van der Waals surface area contributed by atoms with E-state index in [4.69, 9.17) is 0 Å². The summed E-state index contributed by atoms with van der Waals surface area (Å²) in [4.78, 5) is 22.7. The van der Waals surface area contributed by atoms with Crippen molar-refractivity contribution in [2.75, 3.05) is 5.32 Å². The predicted octanol–water partition coefficient (Wildman–Crippen LogP) is 3.20. The Hall–Kier alpha value is -2.73. The molecule has 2 N–H and O–H groups in total. The first kappa shape index (κ1) is 16.1. The molecule has 0 bridgehead atoms. The van der Waals surface area contributed by atoms with Crippen LogP contribution in [0.1, 0.15) is 30.5 Å². The number of amides is 1. The molecule has 0 fully saturated rings. The lowest BCUT2D eigenvalue weighted by Crippen LogP contribution is -2.39. The van der Waals surface area contributed by atoms with Gasteiger partial charge in [-0.05, 0) is 37.0 Å². The summed E-state index contributed by atoms with van der Waals surface area (Å²) in [6, 6.07) is 13.9. The van der Waals surface area contributed by atoms with Crippen LogP contribution in [-0.4, -0.2) is 16.9 Å². The summed E-state index contributed by atoms with van der Waals surface area (Å²) in [5.74, 6) is -0.208. The smallest absolute Gasteiger partial charge is 0.271 e. The van der Waals surface area contributed by atoms with Gasteiger partial charge in [-0.15, -0.1) is 0 Å². The molecule has 6 heteroatoms. The molecule has 124 valence electrons. The predicted molar refractivity (Wildman–Crippen MR) is 91.8 cm³/mol. The van der Waals surface area contributed by atoms with E-state index in [-0.39, 0.29) is 17.6 Å². The second-order valence-electron chi connectivity index (χ2n) is 5.98. The molecule has 24 heavy (non-hydrogen) atoms. The van der Waals surface area contributed by atoms with Crippen molar-refractivity contribution in [3.63, 3.8) is 0 Å². The van der Waals surface area contributed by atoms with E-state index in [9.17, 15) is 14.9 Å². The van der Waals surface area contributed by atoms with Crippen LogP contribution in [0.2, 0.25) is 0 Å². The summed E-state index contributed by atoms with van der Waals surface area (Å²) in [7, 11) is 0. The van der Waals surface area contributed by atoms with Crippen molar-refractivity contribution in [1.29, 1.82) is 0 Å². The number of anilines is 1. The second-order valence-corrected chi connectivity index (χ2v) is 5.98. The molecule has 2 aromatic rings. The largest absolute Gasteiger partial charge is 0.324 e. The monoisotopic (exact) mass is 325 g/mol. The minimum Gasteiger partial charge on any atom is -0.324 e. The Morgan fingerprint density at radius 2 is 2.04 bits per heavy atom. The molecule has 1 aliphatic carbocycles. The highest BCUT2D eigenvalue weighted by atomic mass is 16.6. The third-order valence-corrected chi connectivity index (χ3v) is 4.30. The summed E-state index contributed by atoms with van der Waals surface area (Å²) < 4.78 is 0. The number of nitro benzene ring substituents is 1. The van der Waals surface area contributed by atoms with Gasteiger partial charge in [0.2, 0.25) is 5.91 Å². The zero-order valence-corrected chi connectivity index (χ0v) is 13.4. The standard InChI is InChI=1S/C18H19N3O3/c1-12(19-17-10-9-13-5-2-3-8-16(13)17)18(22)20-14-6-4-7-15(11-14)21(23)24/h2-8,11-12,17,19H,9-10H2,1H3,(H,20,22)/t12-,17+/m0/s1. The third kappa shape index (κ3) is 3.44. The Morgan fingerprint density at radius 1 is 1.25 bits per heavy atom. The van der Waals surface area contributed by atoms with Crippen LogP contribution < -0.4 is 10.6 Å². The number of nitrogens with one attached hydrogen (secondary N) is 2. The Balaban J connectivity index is 1.64. The highest BCUT2D eigenvalue weighted by Crippen LogP contribution is 2.31. The molecular weight excluding hydrogens is 306 g/mol. The molecule has 2 aromatic carbocycles. The van der Waals surface area contributed by atoms with Crippen LogP contribution in [0.15, 0.2) is 48.5 Å². The molecule has 6 nitrogen and oxygen atoms in total. The van der Waals surface area contributed by atoms with Gasteiger partial charge in [0, 0.05) is 23.9 Å². The molecule has 0 aromatic heterocycles. The van der Waals surface area contributed by atoms with Gasteiger partial charge in [0.25, 0.3) is 5.69 Å². The Kier molecular flexibility index (Phi) is 4.57. The summed E-state index contributed by atoms with van der Waals surface area (Å²) in [5, 5.41) is 16.9. The maximum atomic E-state index is 12.3. The normalized spacial score (nSPS) is 17.1. The van der Waals surface area contributed by atoms with Gasteiger partial charge in [-0.25, -0.2) is 0 Å². The molecule has 3 rings (SSSR count). The van der Waals surface area contributed by atoms with Gasteiger partial charge in [-0.3, -0.25) is 20.2 Å². The van der Waals surface area contributed by atoms with E-state index in [0.29, 0.717) is 5.69 Å².